The molecule has 0 aromatic heterocycles. The second kappa shape index (κ2) is 6.07. The Hall–Kier alpha value is -1.26. The summed E-state index contributed by atoms with van der Waals surface area (Å²) in [6.07, 6.45) is 18.6. The number of allylic oxidation sites excluding steroid dienone is 6. The second-order valence-corrected chi connectivity index (χ2v) is 5.64. The van der Waals surface area contributed by atoms with Crippen molar-refractivity contribution in [3.05, 3.63) is 34.9 Å². The van der Waals surface area contributed by atoms with Crippen LogP contribution in [0.1, 0.15) is 45.4 Å². The highest BCUT2D eigenvalue weighted by Gasteiger charge is 2.25. The van der Waals surface area contributed by atoms with Crippen LogP contribution in [-0.4, -0.2) is 6.04 Å². The molecule has 18 heavy (non-hydrogen) atoms. The largest absolute Gasteiger partial charge is 0.328 e. The molecule has 0 aromatic carbocycles. The van der Waals surface area contributed by atoms with E-state index >= 15 is 0 Å². The minimum atomic E-state index is 0.442. The molecule has 2 N–H and O–H groups in total. The number of nitrogens with two attached hydrogens (primary N) is 1. The molecular formula is C17H23N. The van der Waals surface area contributed by atoms with Gasteiger partial charge in [-0.2, -0.15) is 0 Å². The molecule has 0 unspecified atom stereocenters. The topological polar surface area (TPSA) is 26.0 Å². The molecule has 0 radical (unpaired) electrons. The summed E-state index contributed by atoms with van der Waals surface area (Å²) < 4.78 is 0. The average Bonchev–Trinajstić information content (AvgIpc) is 3.08. The van der Waals surface area contributed by atoms with E-state index in [1.165, 1.54) is 44.1 Å². The number of hydrogen-bond donors (Lipinski definition) is 1. The van der Waals surface area contributed by atoms with Gasteiger partial charge in [-0.1, -0.05) is 23.6 Å². The molecule has 1 nitrogen and oxygen atoms in total. The van der Waals surface area contributed by atoms with Gasteiger partial charge in [-0.15, -0.1) is 6.42 Å². The third-order valence-corrected chi connectivity index (χ3v) is 4.11. The summed E-state index contributed by atoms with van der Waals surface area (Å²) in [6, 6.07) is 0.442. The predicted molar refractivity (Wildman–Crippen MR) is 77.9 cm³/mol. The predicted octanol–water partition coefficient (Wildman–Crippen LogP) is 3.73. The lowest BCUT2D eigenvalue weighted by molar-refractivity contribution is 0.325. The first-order chi connectivity index (χ1) is 8.70. The number of hydrogen-bond acceptors (Lipinski definition) is 1. The molecule has 1 fully saturated rings. The van der Waals surface area contributed by atoms with Crippen LogP contribution in [0.15, 0.2) is 34.9 Å². The van der Waals surface area contributed by atoms with E-state index in [2.05, 4.69) is 18.9 Å². The van der Waals surface area contributed by atoms with E-state index in [0.29, 0.717) is 6.04 Å². The fraction of sp³-hybridized carbons (Fsp3) is 0.529. The van der Waals surface area contributed by atoms with E-state index in [1.54, 1.807) is 17.2 Å². The van der Waals surface area contributed by atoms with Crippen molar-refractivity contribution >= 4 is 0 Å². The van der Waals surface area contributed by atoms with Crippen molar-refractivity contribution in [3.63, 3.8) is 0 Å². The third kappa shape index (κ3) is 3.62. The van der Waals surface area contributed by atoms with E-state index < -0.39 is 0 Å². The van der Waals surface area contributed by atoms with Crippen molar-refractivity contribution in [1.82, 2.24) is 0 Å². The highest BCUT2D eigenvalue weighted by atomic mass is 14.6. The zero-order valence-corrected chi connectivity index (χ0v) is 11.3. The van der Waals surface area contributed by atoms with Gasteiger partial charge in [-0.05, 0) is 68.6 Å². The van der Waals surface area contributed by atoms with Crippen LogP contribution in [0.4, 0.5) is 0 Å². The van der Waals surface area contributed by atoms with Crippen LogP contribution in [-0.2, 0) is 0 Å². The van der Waals surface area contributed by atoms with Gasteiger partial charge in [0.2, 0.25) is 0 Å². The molecule has 0 spiro atoms. The molecule has 2 aliphatic carbocycles. The maximum absolute atomic E-state index is 5.96. The van der Waals surface area contributed by atoms with E-state index in [1.807, 2.05) is 6.08 Å². The molecule has 0 aliphatic heterocycles. The molecule has 2 rings (SSSR count). The molecule has 0 amide bonds. The van der Waals surface area contributed by atoms with E-state index in [-0.39, 0.29) is 0 Å². The summed E-state index contributed by atoms with van der Waals surface area (Å²) in [4.78, 5) is 0. The molecular weight excluding hydrogens is 218 g/mol. The first kappa shape index (κ1) is 13.2. The Bertz CT molecular complexity index is 423. The zero-order valence-electron chi connectivity index (χ0n) is 11.3. The highest BCUT2D eigenvalue weighted by Crippen LogP contribution is 2.41. The maximum Gasteiger partial charge on any atom is 0.00390 e. The van der Waals surface area contributed by atoms with Crippen LogP contribution >= 0.6 is 0 Å². The van der Waals surface area contributed by atoms with Crippen LogP contribution in [0.25, 0.3) is 0 Å². The van der Waals surface area contributed by atoms with Crippen molar-refractivity contribution in [2.75, 3.05) is 0 Å². The van der Waals surface area contributed by atoms with Crippen molar-refractivity contribution in [2.24, 2.45) is 11.7 Å². The molecule has 0 bridgehead atoms. The lowest BCUT2D eigenvalue weighted by atomic mass is 9.82. The quantitative estimate of drug-likeness (QED) is 0.589. The normalized spacial score (nSPS) is 28.6. The second-order valence-electron chi connectivity index (χ2n) is 5.64. The number of rotatable bonds is 4. The maximum atomic E-state index is 5.96. The molecule has 1 saturated carbocycles. The molecule has 1 heteroatoms. The Morgan fingerprint density at radius 2 is 2.06 bits per heavy atom. The fourth-order valence-electron chi connectivity index (χ4n) is 2.82. The SMILES string of the molecule is C#C/C=C\C=C(/CC1CCC(N)CC1)C1=C(C)C1. The summed E-state index contributed by atoms with van der Waals surface area (Å²) in [5.74, 6) is 3.36. The van der Waals surface area contributed by atoms with Crippen molar-refractivity contribution in [3.8, 4) is 12.3 Å². The molecule has 0 saturated heterocycles. The minimum absolute atomic E-state index is 0.442. The van der Waals surface area contributed by atoms with Gasteiger partial charge in [0.05, 0.1) is 0 Å². The molecule has 0 heterocycles. The Kier molecular flexibility index (Phi) is 4.44. The van der Waals surface area contributed by atoms with Crippen LogP contribution in [0, 0.1) is 18.3 Å². The van der Waals surface area contributed by atoms with Crippen molar-refractivity contribution in [1.29, 1.82) is 0 Å². The summed E-state index contributed by atoms with van der Waals surface area (Å²) in [5.41, 5.74) is 10.6. The molecule has 0 aromatic rings. The zero-order chi connectivity index (χ0) is 13.0. The van der Waals surface area contributed by atoms with Gasteiger partial charge in [0.1, 0.15) is 0 Å². The molecule has 2 aliphatic rings. The molecule has 0 atom stereocenters. The standard InChI is InChI=1S/C17H23N/c1-3-4-5-6-15(17-11-13(17)2)12-14-7-9-16(18)10-8-14/h1,4-6,14,16H,7-12,18H2,2H3/b5-4-,15-6+. The Morgan fingerprint density at radius 1 is 1.39 bits per heavy atom. The van der Waals surface area contributed by atoms with Crippen LogP contribution < -0.4 is 5.73 Å². The minimum Gasteiger partial charge on any atom is -0.328 e. The first-order valence-corrected chi connectivity index (χ1v) is 6.97. The van der Waals surface area contributed by atoms with Gasteiger partial charge in [0.15, 0.2) is 0 Å². The van der Waals surface area contributed by atoms with Gasteiger partial charge >= 0.3 is 0 Å². The van der Waals surface area contributed by atoms with E-state index in [4.69, 9.17) is 12.2 Å². The first-order valence-electron chi connectivity index (χ1n) is 6.97. The highest BCUT2D eigenvalue weighted by molar-refractivity contribution is 5.50. The van der Waals surface area contributed by atoms with Gasteiger partial charge in [-0.25, -0.2) is 0 Å². The van der Waals surface area contributed by atoms with E-state index in [0.717, 1.165) is 5.92 Å². The lowest BCUT2D eigenvalue weighted by Crippen LogP contribution is -2.26. The smallest absolute Gasteiger partial charge is 0.00390 e. The van der Waals surface area contributed by atoms with Gasteiger partial charge < -0.3 is 5.73 Å². The van der Waals surface area contributed by atoms with Crippen molar-refractivity contribution < 1.29 is 0 Å². The Labute approximate surface area is 111 Å². The Balaban J connectivity index is 1.96. The summed E-state index contributed by atoms with van der Waals surface area (Å²) in [5, 5.41) is 0. The van der Waals surface area contributed by atoms with Crippen LogP contribution in [0.5, 0.6) is 0 Å². The molecule has 96 valence electrons. The third-order valence-electron chi connectivity index (χ3n) is 4.11. The lowest BCUT2D eigenvalue weighted by Gasteiger charge is -2.26. The summed E-state index contributed by atoms with van der Waals surface area (Å²) in [6.45, 7) is 2.23. The summed E-state index contributed by atoms with van der Waals surface area (Å²) in [7, 11) is 0. The average molecular weight is 241 g/mol. The van der Waals surface area contributed by atoms with Crippen LogP contribution in [0.3, 0.4) is 0 Å². The fourth-order valence-corrected chi connectivity index (χ4v) is 2.82. The monoisotopic (exact) mass is 241 g/mol. The van der Waals surface area contributed by atoms with Gasteiger partial charge in [0.25, 0.3) is 0 Å². The summed E-state index contributed by atoms with van der Waals surface area (Å²) >= 11 is 0. The van der Waals surface area contributed by atoms with Crippen LogP contribution in [0.2, 0.25) is 0 Å². The van der Waals surface area contributed by atoms with Crippen molar-refractivity contribution in [2.45, 2.75) is 51.5 Å². The number of terminal acetylenes is 1. The van der Waals surface area contributed by atoms with Gasteiger partial charge in [0, 0.05) is 6.04 Å². The Morgan fingerprint density at radius 3 is 2.61 bits per heavy atom. The van der Waals surface area contributed by atoms with Gasteiger partial charge in [-0.3, -0.25) is 0 Å². The van der Waals surface area contributed by atoms with E-state index in [9.17, 15) is 0 Å².